The van der Waals surface area contributed by atoms with Gasteiger partial charge in [-0.05, 0) is 180 Å². The Labute approximate surface area is 358 Å². The summed E-state index contributed by atoms with van der Waals surface area (Å²) in [5.74, 6) is 0. The molecule has 0 amide bonds. The summed E-state index contributed by atoms with van der Waals surface area (Å²) in [6, 6.07) is 0. The SMILES string of the molecule is CCCCC(CCC)ON1C(C)(C)CCCC1(C)C.CCCCCC(CC)ON1C(C)(C)CCCC1(C)C.CCCCCCC(C)ON1C(C)(C)CCCC1(C)C. The molecule has 3 fully saturated rings. The van der Waals surface area contributed by atoms with Crippen molar-refractivity contribution in [1.29, 1.82) is 0 Å². The van der Waals surface area contributed by atoms with E-state index in [2.05, 4.69) is 140 Å². The largest absolute Gasteiger partial charge is 0.295 e. The fourth-order valence-electron chi connectivity index (χ4n) is 10.1. The van der Waals surface area contributed by atoms with Crippen LogP contribution in [0.3, 0.4) is 0 Å². The third-order valence-corrected chi connectivity index (χ3v) is 13.4. The molecule has 0 aromatic carbocycles. The average Bonchev–Trinajstić information content (AvgIpc) is 3.09. The molecule has 0 aromatic rings. The zero-order valence-electron chi connectivity index (χ0n) is 42.3. The molecule has 0 N–H and O–H groups in total. The molecule has 3 rings (SSSR count). The Bertz CT molecular complexity index is 989. The second kappa shape index (κ2) is 25.6. The first-order valence-electron chi connectivity index (χ1n) is 24.9. The molecule has 6 heteroatoms. The van der Waals surface area contributed by atoms with Crippen LogP contribution < -0.4 is 0 Å². The van der Waals surface area contributed by atoms with E-state index in [9.17, 15) is 0 Å². The van der Waals surface area contributed by atoms with Gasteiger partial charge in [-0.15, -0.1) is 0 Å². The Morgan fingerprint density at radius 1 is 0.368 bits per heavy atom. The number of piperidine rings is 3. The van der Waals surface area contributed by atoms with Gasteiger partial charge in [0.25, 0.3) is 0 Å². The number of hydroxylamine groups is 6. The molecule has 3 unspecified atom stereocenters. The van der Waals surface area contributed by atoms with Crippen LogP contribution in [0.5, 0.6) is 0 Å². The van der Waals surface area contributed by atoms with Crippen molar-refractivity contribution in [2.75, 3.05) is 0 Å². The standard InChI is InChI=1S/3C17H35NO/c1-7-8-9-10-12-15(2)19-18-16(3,4)13-11-14-17(18,5)6;1-7-9-12-15(11-8-2)19-18-16(3,4)13-10-14-17(18,5)6;1-7-9-10-12-15(8-2)19-18-16(3,4)13-11-14-17(18,5)6/h3*15H,7-14H2,1-6H3. The number of unbranched alkanes of at least 4 members (excludes halogenated alkanes) is 6. The first kappa shape index (κ1) is 54.8. The van der Waals surface area contributed by atoms with Gasteiger partial charge in [0.15, 0.2) is 0 Å². The van der Waals surface area contributed by atoms with Crippen molar-refractivity contribution in [3.05, 3.63) is 0 Å². The molecule has 57 heavy (non-hydrogen) atoms. The van der Waals surface area contributed by atoms with E-state index in [1.165, 1.54) is 148 Å². The number of hydrogen-bond donors (Lipinski definition) is 0. The van der Waals surface area contributed by atoms with Gasteiger partial charge in [0.1, 0.15) is 0 Å². The molecule has 0 radical (unpaired) electrons. The summed E-state index contributed by atoms with van der Waals surface area (Å²) >= 11 is 0. The van der Waals surface area contributed by atoms with Gasteiger partial charge in [-0.2, -0.15) is 15.2 Å². The van der Waals surface area contributed by atoms with Crippen molar-refractivity contribution >= 4 is 0 Å². The summed E-state index contributed by atoms with van der Waals surface area (Å²) in [7, 11) is 0. The number of hydrogen-bond acceptors (Lipinski definition) is 6. The minimum atomic E-state index is 0.166. The quantitative estimate of drug-likeness (QED) is 0.108. The third kappa shape index (κ3) is 19.1. The van der Waals surface area contributed by atoms with Crippen LogP contribution in [0.1, 0.15) is 279 Å². The lowest BCUT2D eigenvalue weighted by atomic mass is 9.82. The smallest absolute Gasteiger partial charge is 0.0793 e. The molecular weight excluding hydrogens is 703 g/mol. The Balaban J connectivity index is 0.000000427. The number of nitrogens with zero attached hydrogens (tertiary/aromatic N) is 3. The average molecular weight is 808 g/mol. The first-order chi connectivity index (χ1) is 26.5. The molecule has 0 aliphatic carbocycles. The van der Waals surface area contributed by atoms with Gasteiger partial charge in [0.05, 0.1) is 18.3 Å². The van der Waals surface area contributed by atoms with Gasteiger partial charge in [0, 0.05) is 33.2 Å². The molecular formula is C51H105N3O3. The highest BCUT2D eigenvalue weighted by Crippen LogP contribution is 2.41. The molecule has 3 heterocycles. The van der Waals surface area contributed by atoms with Gasteiger partial charge in [-0.25, -0.2) is 0 Å². The van der Waals surface area contributed by atoms with Crippen LogP contribution in [0.2, 0.25) is 0 Å². The lowest BCUT2D eigenvalue weighted by molar-refractivity contribution is -0.306. The molecule has 3 aliphatic heterocycles. The number of rotatable bonds is 21. The van der Waals surface area contributed by atoms with Gasteiger partial charge in [0.2, 0.25) is 0 Å². The zero-order valence-corrected chi connectivity index (χ0v) is 42.3. The summed E-state index contributed by atoms with van der Waals surface area (Å²) in [4.78, 5) is 19.3. The summed E-state index contributed by atoms with van der Waals surface area (Å²) in [5, 5.41) is 6.96. The maximum Gasteiger partial charge on any atom is 0.0793 e. The van der Waals surface area contributed by atoms with Crippen molar-refractivity contribution in [1.82, 2.24) is 15.2 Å². The minimum Gasteiger partial charge on any atom is -0.295 e. The Morgan fingerprint density at radius 2 is 0.702 bits per heavy atom. The van der Waals surface area contributed by atoms with Gasteiger partial charge >= 0.3 is 0 Å². The molecule has 3 atom stereocenters. The van der Waals surface area contributed by atoms with Gasteiger partial charge in [-0.3, -0.25) is 14.5 Å². The van der Waals surface area contributed by atoms with Gasteiger partial charge in [-0.1, -0.05) is 98.8 Å². The second-order valence-corrected chi connectivity index (χ2v) is 22.4. The van der Waals surface area contributed by atoms with Crippen molar-refractivity contribution in [3.8, 4) is 0 Å². The fraction of sp³-hybridized carbons (Fsp3) is 1.00. The normalized spacial score (nSPS) is 24.3. The van der Waals surface area contributed by atoms with Crippen molar-refractivity contribution < 1.29 is 14.5 Å². The van der Waals surface area contributed by atoms with Crippen molar-refractivity contribution in [3.63, 3.8) is 0 Å². The lowest BCUT2D eigenvalue weighted by Gasteiger charge is -2.52. The molecule has 0 aromatic heterocycles. The maximum atomic E-state index is 6.50. The van der Waals surface area contributed by atoms with E-state index in [1.54, 1.807) is 0 Å². The predicted molar refractivity (Wildman–Crippen MR) is 249 cm³/mol. The second-order valence-electron chi connectivity index (χ2n) is 22.4. The van der Waals surface area contributed by atoms with Crippen LogP contribution in [0.15, 0.2) is 0 Å². The van der Waals surface area contributed by atoms with E-state index in [0.29, 0.717) is 18.3 Å². The van der Waals surface area contributed by atoms with Crippen LogP contribution in [0, 0.1) is 0 Å². The maximum absolute atomic E-state index is 6.50. The first-order valence-corrected chi connectivity index (χ1v) is 24.9. The fourth-order valence-corrected chi connectivity index (χ4v) is 10.1. The minimum absolute atomic E-state index is 0.166. The monoisotopic (exact) mass is 808 g/mol. The van der Waals surface area contributed by atoms with Crippen LogP contribution in [0.25, 0.3) is 0 Å². The van der Waals surface area contributed by atoms with Crippen LogP contribution in [-0.4, -0.2) is 66.7 Å². The van der Waals surface area contributed by atoms with E-state index in [-0.39, 0.29) is 33.2 Å². The van der Waals surface area contributed by atoms with E-state index in [1.807, 2.05) is 0 Å². The molecule has 6 nitrogen and oxygen atoms in total. The highest BCUT2D eigenvalue weighted by atomic mass is 16.7. The predicted octanol–water partition coefficient (Wildman–Crippen LogP) is 16.0. The molecule has 0 saturated carbocycles. The summed E-state index contributed by atoms with van der Waals surface area (Å²) in [6.07, 6.45) is 31.3. The summed E-state index contributed by atoms with van der Waals surface area (Å²) < 4.78 is 0. The van der Waals surface area contributed by atoms with E-state index >= 15 is 0 Å². The highest BCUT2D eigenvalue weighted by Gasteiger charge is 2.45. The van der Waals surface area contributed by atoms with E-state index < -0.39 is 0 Å². The Morgan fingerprint density at radius 3 is 1.07 bits per heavy atom. The Kier molecular flexibility index (Phi) is 24.6. The topological polar surface area (TPSA) is 37.4 Å². The Hall–Kier alpha value is -0.240. The van der Waals surface area contributed by atoms with Crippen molar-refractivity contribution in [2.24, 2.45) is 0 Å². The third-order valence-electron chi connectivity index (χ3n) is 13.4. The van der Waals surface area contributed by atoms with Gasteiger partial charge < -0.3 is 0 Å². The van der Waals surface area contributed by atoms with E-state index in [0.717, 1.165) is 6.42 Å². The summed E-state index contributed by atoms with van der Waals surface area (Å²) in [5.41, 5.74) is 0.999. The lowest BCUT2D eigenvalue weighted by Crippen LogP contribution is -2.59. The molecule has 0 spiro atoms. The molecule has 0 bridgehead atoms. The molecule has 342 valence electrons. The van der Waals surface area contributed by atoms with Crippen molar-refractivity contribution in [2.45, 2.75) is 330 Å². The van der Waals surface area contributed by atoms with Crippen LogP contribution in [-0.2, 0) is 14.5 Å². The van der Waals surface area contributed by atoms with Crippen LogP contribution >= 0.6 is 0 Å². The molecule has 3 saturated heterocycles. The van der Waals surface area contributed by atoms with E-state index in [4.69, 9.17) is 14.5 Å². The molecule has 3 aliphatic rings. The summed E-state index contributed by atoms with van der Waals surface area (Å²) in [6.45, 7) is 41.4. The zero-order chi connectivity index (χ0) is 43.6. The van der Waals surface area contributed by atoms with Crippen LogP contribution in [0.4, 0.5) is 0 Å². The highest BCUT2D eigenvalue weighted by molar-refractivity contribution is 4.95.